The highest BCUT2D eigenvalue weighted by atomic mass is 32.1. The SMILES string of the molecule is CCN(CC)c1nc(CC(N)c2ccccc2)cs1. The van der Waals surface area contributed by atoms with Crippen molar-refractivity contribution in [2.24, 2.45) is 5.73 Å². The standard InChI is InChI=1S/C15H21N3S/c1-3-18(4-2)15-17-13(11-19-15)10-14(16)12-8-6-5-7-9-12/h5-9,11,14H,3-4,10,16H2,1-2H3. The summed E-state index contributed by atoms with van der Waals surface area (Å²) in [5.74, 6) is 0. The highest BCUT2D eigenvalue weighted by Crippen LogP contribution is 2.23. The summed E-state index contributed by atoms with van der Waals surface area (Å²) in [7, 11) is 0. The number of thiazole rings is 1. The average molecular weight is 275 g/mol. The van der Waals surface area contributed by atoms with Gasteiger partial charge in [0.2, 0.25) is 0 Å². The molecule has 1 heterocycles. The number of hydrogen-bond donors (Lipinski definition) is 1. The zero-order valence-corrected chi connectivity index (χ0v) is 12.4. The van der Waals surface area contributed by atoms with Crippen LogP contribution in [0.25, 0.3) is 0 Å². The zero-order chi connectivity index (χ0) is 13.7. The van der Waals surface area contributed by atoms with Gasteiger partial charge in [-0.15, -0.1) is 11.3 Å². The summed E-state index contributed by atoms with van der Waals surface area (Å²) in [5, 5.41) is 3.22. The van der Waals surface area contributed by atoms with E-state index < -0.39 is 0 Å². The van der Waals surface area contributed by atoms with Crippen LogP contribution in [0.2, 0.25) is 0 Å². The fourth-order valence-electron chi connectivity index (χ4n) is 2.07. The van der Waals surface area contributed by atoms with Crippen LogP contribution in [0.3, 0.4) is 0 Å². The molecule has 102 valence electrons. The van der Waals surface area contributed by atoms with Crippen molar-refractivity contribution in [3.63, 3.8) is 0 Å². The molecular formula is C15H21N3S. The molecule has 0 bridgehead atoms. The first-order chi connectivity index (χ1) is 9.24. The molecule has 1 unspecified atom stereocenters. The van der Waals surface area contributed by atoms with E-state index in [1.165, 1.54) is 5.56 Å². The van der Waals surface area contributed by atoms with Gasteiger partial charge in [0, 0.05) is 30.9 Å². The zero-order valence-electron chi connectivity index (χ0n) is 11.5. The number of benzene rings is 1. The molecule has 0 saturated carbocycles. The number of rotatable bonds is 6. The van der Waals surface area contributed by atoms with Crippen LogP contribution in [0.1, 0.15) is 31.1 Å². The molecule has 3 nitrogen and oxygen atoms in total. The van der Waals surface area contributed by atoms with Gasteiger partial charge in [-0.2, -0.15) is 0 Å². The Hall–Kier alpha value is -1.39. The first-order valence-electron chi connectivity index (χ1n) is 6.74. The van der Waals surface area contributed by atoms with Gasteiger partial charge in [0.05, 0.1) is 5.69 Å². The van der Waals surface area contributed by atoms with Crippen molar-refractivity contribution in [2.45, 2.75) is 26.3 Å². The summed E-state index contributed by atoms with van der Waals surface area (Å²) in [6.07, 6.45) is 0.793. The Labute approximate surface area is 119 Å². The van der Waals surface area contributed by atoms with Crippen LogP contribution in [-0.4, -0.2) is 18.1 Å². The molecule has 19 heavy (non-hydrogen) atoms. The predicted molar refractivity (Wildman–Crippen MR) is 82.7 cm³/mol. The lowest BCUT2D eigenvalue weighted by Gasteiger charge is -2.16. The van der Waals surface area contributed by atoms with E-state index in [4.69, 9.17) is 5.73 Å². The smallest absolute Gasteiger partial charge is 0.185 e. The molecule has 0 radical (unpaired) electrons. The fourth-order valence-corrected chi connectivity index (χ4v) is 3.04. The van der Waals surface area contributed by atoms with Gasteiger partial charge in [-0.1, -0.05) is 30.3 Å². The second kappa shape index (κ2) is 6.68. The van der Waals surface area contributed by atoms with Crippen molar-refractivity contribution >= 4 is 16.5 Å². The fraction of sp³-hybridized carbons (Fsp3) is 0.400. The molecule has 2 rings (SSSR count). The Kier molecular flexibility index (Phi) is 4.93. The van der Waals surface area contributed by atoms with Crippen LogP contribution in [0, 0.1) is 0 Å². The van der Waals surface area contributed by atoms with Gasteiger partial charge in [-0.05, 0) is 19.4 Å². The second-order valence-electron chi connectivity index (χ2n) is 4.52. The summed E-state index contributed by atoms with van der Waals surface area (Å²) in [6, 6.07) is 10.2. The maximum Gasteiger partial charge on any atom is 0.185 e. The van der Waals surface area contributed by atoms with Crippen LogP contribution in [-0.2, 0) is 6.42 Å². The lowest BCUT2D eigenvalue weighted by Crippen LogP contribution is -2.21. The third-order valence-corrected chi connectivity index (χ3v) is 4.18. The molecule has 2 N–H and O–H groups in total. The minimum atomic E-state index is 0.0212. The largest absolute Gasteiger partial charge is 0.349 e. The molecule has 0 aliphatic rings. The summed E-state index contributed by atoms with van der Waals surface area (Å²) >= 11 is 1.70. The van der Waals surface area contributed by atoms with E-state index >= 15 is 0 Å². The molecule has 1 aromatic heterocycles. The molecule has 0 aliphatic heterocycles. The maximum atomic E-state index is 6.23. The molecule has 4 heteroatoms. The van der Waals surface area contributed by atoms with Crippen molar-refractivity contribution in [3.05, 3.63) is 47.0 Å². The lowest BCUT2D eigenvalue weighted by molar-refractivity contribution is 0.708. The van der Waals surface area contributed by atoms with Crippen LogP contribution < -0.4 is 10.6 Å². The quantitative estimate of drug-likeness (QED) is 0.880. The van der Waals surface area contributed by atoms with Gasteiger partial charge in [-0.3, -0.25) is 0 Å². The normalized spacial score (nSPS) is 12.4. The first kappa shape index (κ1) is 14.0. The average Bonchev–Trinajstić information content (AvgIpc) is 2.89. The Balaban J connectivity index is 2.04. The molecule has 2 aromatic rings. The van der Waals surface area contributed by atoms with Crippen LogP contribution in [0.5, 0.6) is 0 Å². The van der Waals surface area contributed by atoms with Gasteiger partial charge < -0.3 is 10.6 Å². The van der Waals surface area contributed by atoms with Gasteiger partial charge in [0.25, 0.3) is 0 Å². The minimum absolute atomic E-state index is 0.0212. The van der Waals surface area contributed by atoms with E-state index in [9.17, 15) is 0 Å². The third kappa shape index (κ3) is 3.55. The molecule has 0 fully saturated rings. The number of hydrogen-bond acceptors (Lipinski definition) is 4. The molecular weight excluding hydrogens is 254 g/mol. The van der Waals surface area contributed by atoms with Gasteiger partial charge in [0.15, 0.2) is 5.13 Å². The summed E-state index contributed by atoms with van der Waals surface area (Å²) in [5.41, 5.74) is 8.48. The highest BCUT2D eigenvalue weighted by molar-refractivity contribution is 7.13. The van der Waals surface area contributed by atoms with Crippen LogP contribution in [0.15, 0.2) is 35.7 Å². The van der Waals surface area contributed by atoms with Gasteiger partial charge >= 0.3 is 0 Å². The highest BCUT2D eigenvalue weighted by Gasteiger charge is 2.11. The number of nitrogens with zero attached hydrogens (tertiary/aromatic N) is 2. The predicted octanol–water partition coefficient (Wildman–Crippen LogP) is 3.23. The molecule has 0 amide bonds. The van der Waals surface area contributed by atoms with Crippen molar-refractivity contribution < 1.29 is 0 Å². The minimum Gasteiger partial charge on any atom is -0.349 e. The molecule has 0 saturated heterocycles. The summed E-state index contributed by atoms with van der Waals surface area (Å²) in [4.78, 5) is 6.95. The van der Waals surface area contributed by atoms with Crippen LogP contribution >= 0.6 is 11.3 Å². The maximum absolute atomic E-state index is 6.23. The Morgan fingerprint density at radius 2 is 1.89 bits per heavy atom. The second-order valence-corrected chi connectivity index (χ2v) is 5.35. The van der Waals surface area contributed by atoms with Crippen molar-refractivity contribution in [3.8, 4) is 0 Å². The molecule has 0 aliphatic carbocycles. The van der Waals surface area contributed by atoms with E-state index in [-0.39, 0.29) is 6.04 Å². The van der Waals surface area contributed by atoms with E-state index in [1.807, 2.05) is 18.2 Å². The number of anilines is 1. The van der Waals surface area contributed by atoms with Gasteiger partial charge in [-0.25, -0.2) is 4.98 Å². The Morgan fingerprint density at radius 3 is 2.53 bits per heavy atom. The topological polar surface area (TPSA) is 42.2 Å². The molecule has 0 spiro atoms. The summed E-state index contributed by atoms with van der Waals surface area (Å²) in [6.45, 7) is 6.29. The Morgan fingerprint density at radius 1 is 1.21 bits per heavy atom. The number of aromatic nitrogens is 1. The third-order valence-electron chi connectivity index (χ3n) is 3.23. The number of nitrogens with two attached hydrogens (primary N) is 1. The van der Waals surface area contributed by atoms with Crippen molar-refractivity contribution in [1.82, 2.24) is 4.98 Å². The Bertz CT molecular complexity index is 491. The van der Waals surface area contributed by atoms with E-state index in [0.29, 0.717) is 0 Å². The van der Waals surface area contributed by atoms with Gasteiger partial charge in [0.1, 0.15) is 0 Å². The molecule has 1 atom stereocenters. The van der Waals surface area contributed by atoms with E-state index in [0.717, 1.165) is 30.3 Å². The van der Waals surface area contributed by atoms with E-state index in [1.54, 1.807) is 11.3 Å². The first-order valence-corrected chi connectivity index (χ1v) is 7.62. The van der Waals surface area contributed by atoms with Crippen LogP contribution in [0.4, 0.5) is 5.13 Å². The van der Waals surface area contributed by atoms with Crippen molar-refractivity contribution in [2.75, 3.05) is 18.0 Å². The lowest BCUT2D eigenvalue weighted by atomic mass is 10.0. The monoisotopic (exact) mass is 275 g/mol. The molecule has 1 aromatic carbocycles. The van der Waals surface area contributed by atoms with Crippen molar-refractivity contribution in [1.29, 1.82) is 0 Å². The van der Waals surface area contributed by atoms with E-state index in [2.05, 4.69) is 41.2 Å². The summed E-state index contributed by atoms with van der Waals surface area (Å²) < 4.78 is 0.